The normalized spacial score (nSPS) is 24.9. The van der Waals surface area contributed by atoms with Gasteiger partial charge in [-0.1, -0.05) is 52.5 Å². The molecule has 2 heteroatoms. The molecule has 0 aromatic heterocycles. The zero-order valence-electron chi connectivity index (χ0n) is 10.9. The summed E-state index contributed by atoms with van der Waals surface area (Å²) in [6, 6.07) is 0. The Morgan fingerprint density at radius 2 is 2.06 bits per heavy atom. The van der Waals surface area contributed by atoms with E-state index in [1.807, 2.05) is 0 Å². The van der Waals surface area contributed by atoms with Gasteiger partial charge in [-0.3, -0.25) is 4.99 Å². The Bertz CT molecular complexity index is 255. The topological polar surface area (TPSA) is 12.4 Å². The number of unbranched alkanes of at least 4 members (excludes halogenated alkanes) is 3. The lowest BCUT2D eigenvalue weighted by atomic mass is 9.78. The van der Waals surface area contributed by atoms with Crippen molar-refractivity contribution in [3.63, 3.8) is 0 Å². The van der Waals surface area contributed by atoms with E-state index in [2.05, 4.69) is 37.9 Å². The van der Waals surface area contributed by atoms with Gasteiger partial charge in [0.25, 0.3) is 0 Å². The summed E-state index contributed by atoms with van der Waals surface area (Å²) in [7, 11) is 6.08. The summed E-state index contributed by atoms with van der Waals surface area (Å²) in [4.78, 5) is 4.57. The Hall–Kier alpha value is -0.525. The Labute approximate surface area is 102 Å². The highest BCUT2D eigenvalue weighted by Gasteiger charge is 2.18. The van der Waals surface area contributed by atoms with Gasteiger partial charge in [-0.2, -0.15) is 0 Å². The minimum atomic E-state index is -0.0102. The lowest BCUT2D eigenvalue weighted by Gasteiger charge is -2.24. The number of allylic oxidation sites excluding steroid dienone is 1. The molecule has 0 N–H and O–H groups in total. The van der Waals surface area contributed by atoms with E-state index in [-0.39, 0.29) is 5.94 Å². The van der Waals surface area contributed by atoms with E-state index in [1.54, 1.807) is 0 Å². The molecule has 2 unspecified atom stereocenters. The van der Waals surface area contributed by atoms with E-state index in [4.69, 9.17) is 7.85 Å². The second-order valence-electron chi connectivity index (χ2n) is 5.07. The van der Waals surface area contributed by atoms with E-state index >= 15 is 0 Å². The molecule has 0 spiro atoms. The second kappa shape index (κ2) is 6.93. The summed E-state index contributed by atoms with van der Waals surface area (Å²) in [5, 5.41) is 0. The average Bonchev–Trinajstić information content (AvgIpc) is 2.26. The SMILES string of the molecule is [B]C1N=C(C(C)C)C=CC1CCCCCC. The summed E-state index contributed by atoms with van der Waals surface area (Å²) >= 11 is 0. The van der Waals surface area contributed by atoms with Crippen LogP contribution in [0.3, 0.4) is 0 Å². The maximum Gasteiger partial charge on any atom is 0.103 e. The summed E-state index contributed by atoms with van der Waals surface area (Å²) in [5.74, 6) is 0.937. The maximum atomic E-state index is 6.08. The summed E-state index contributed by atoms with van der Waals surface area (Å²) in [6.45, 7) is 6.57. The van der Waals surface area contributed by atoms with Crippen molar-refractivity contribution in [3.8, 4) is 0 Å². The van der Waals surface area contributed by atoms with Crippen LogP contribution in [0, 0.1) is 11.8 Å². The fraction of sp³-hybridized carbons (Fsp3) is 0.786. The van der Waals surface area contributed by atoms with Crippen molar-refractivity contribution < 1.29 is 0 Å². The molecule has 88 valence electrons. The van der Waals surface area contributed by atoms with Gasteiger partial charge in [0.15, 0.2) is 0 Å². The number of dihydropyridines is 1. The first-order valence-electron chi connectivity index (χ1n) is 6.66. The number of aliphatic imine (C=N–C) groups is 1. The highest BCUT2D eigenvalue weighted by atomic mass is 14.8. The third-order valence-electron chi connectivity index (χ3n) is 3.23. The van der Waals surface area contributed by atoms with E-state index in [9.17, 15) is 0 Å². The molecule has 2 atom stereocenters. The highest BCUT2D eigenvalue weighted by Crippen LogP contribution is 2.21. The Balaban J connectivity index is 2.34. The average molecular weight is 217 g/mol. The Morgan fingerprint density at radius 1 is 1.31 bits per heavy atom. The fourth-order valence-corrected chi connectivity index (χ4v) is 2.06. The highest BCUT2D eigenvalue weighted by molar-refractivity contribution is 6.14. The van der Waals surface area contributed by atoms with Gasteiger partial charge in [-0.15, -0.1) is 0 Å². The number of rotatable bonds is 6. The smallest absolute Gasteiger partial charge is 0.103 e. The van der Waals surface area contributed by atoms with Crippen molar-refractivity contribution in [3.05, 3.63) is 12.2 Å². The summed E-state index contributed by atoms with van der Waals surface area (Å²) < 4.78 is 0. The first kappa shape index (κ1) is 13.5. The molecular weight excluding hydrogens is 193 g/mol. The van der Waals surface area contributed by atoms with Gasteiger partial charge in [0.05, 0.1) is 0 Å². The number of hydrogen-bond donors (Lipinski definition) is 0. The van der Waals surface area contributed by atoms with Crippen LogP contribution in [0.5, 0.6) is 0 Å². The predicted octanol–water partition coefficient (Wildman–Crippen LogP) is 3.73. The number of hydrogen-bond acceptors (Lipinski definition) is 1. The number of nitrogens with zero attached hydrogens (tertiary/aromatic N) is 1. The zero-order chi connectivity index (χ0) is 12.0. The van der Waals surface area contributed by atoms with Crippen LogP contribution in [0.15, 0.2) is 17.1 Å². The molecule has 0 aliphatic carbocycles. The van der Waals surface area contributed by atoms with Gasteiger partial charge >= 0.3 is 0 Å². The fourth-order valence-electron chi connectivity index (χ4n) is 2.06. The molecule has 1 rings (SSSR count). The molecular formula is C14H24BN. The third kappa shape index (κ3) is 4.15. The molecule has 0 fully saturated rings. The maximum absolute atomic E-state index is 6.08. The van der Waals surface area contributed by atoms with Crippen molar-refractivity contribution in [1.29, 1.82) is 0 Å². The van der Waals surface area contributed by atoms with Crippen LogP contribution in [-0.2, 0) is 0 Å². The van der Waals surface area contributed by atoms with Gasteiger partial charge < -0.3 is 0 Å². The van der Waals surface area contributed by atoms with E-state index in [0.717, 1.165) is 5.71 Å². The molecule has 0 amide bonds. The minimum absolute atomic E-state index is 0.0102. The van der Waals surface area contributed by atoms with Crippen molar-refractivity contribution >= 4 is 13.6 Å². The molecule has 0 aromatic carbocycles. The molecule has 0 saturated heterocycles. The Kier molecular flexibility index (Phi) is 5.86. The van der Waals surface area contributed by atoms with Crippen molar-refractivity contribution in [2.24, 2.45) is 16.8 Å². The second-order valence-corrected chi connectivity index (χ2v) is 5.07. The predicted molar refractivity (Wildman–Crippen MR) is 73.2 cm³/mol. The molecule has 2 radical (unpaired) electrons. The van der Waals surface area contributed by atoms with Gasteiger partial charge in [0, 0.05) is 11.7 Å². The summed E-state index contributed by atoms with van der Waals surface area (Å²) in [6.07, 6.45) is 10.9. The van der Waals surface area contributed by atoms with Crippen LogP contribution in [0.2, 0.25) is 0 Å². The van der Waals surface area contributed by atoms with Crippen molar-refractivity contribution in [1.82, 2.24) is 0 Å². The van der Waals surface area contributed by atoms with Crippen LogP contribution >= 0.6 is 0 Å². The molecule has 1 aliphatic rings. The molecule has 0 saturated carbocycles. The van der Waals surface area contributed by atoms with Crippen LogP contribution in [-0.4, -0.2) is 19.5 Å². The third-order valence-corrected chi connectivity index (χ3v) is 3.23. The first-order chi connectivity index (χ1) is 7.65. The van der Waals surface area contributed by atoms with E-state index in [1.165, 1.54) is 32.1 Å². The van der Waals surface area contributed by atoms with Gasteiger partial charge in [-0.05, 0) is 24.3 Å². The lowest BCUT2D eigenvalue weighted by molar-refractivity contribution is 0.510. The molecule has 1 nitrogen and oxygen atoms in total. The van der Waals surface area contributed by atoms with Crippen LogP contribution in [0.1, 0.15) is 52.9 Å². The van der Waals surface area contributed by atoms with Gasteiger partial charge in [0.2, 0.25) is 0 Å². The molecule has 0 bridgehead atoms. The van der Waals surface area contributed by atoms with Crippen LogP contribution in [0.25, 0.3) is 0 Å². The van der Waals surface area contributed by atoms with Crippen LogP contribution < -0.4 is 0 Å². The van der Waals surface area contributed by atoms with Crippen molar-refractivity contribution in [2.45, 2.75) is 58.8 Å². The van der Waals surface area contributed by atoms with E-state index < -0.39 is 0 Å². The quantitative estimate of drug-likeness (QED) is 0.474. The monoisotopic (exact) mass is 217 g/mol. The largest absolute Gasteiger partial charge is 0.295 e. The molecule has 16 heavy (non-hydrogen) atoms. The van der Waals surface area contributed by atoms with Gasteiger partial charge in [-0.25, -0.2) is 0 Å². The first-order valence-corrected chi connectivity index (χ1v) is 6.66. The van der Waals surface area contributed by atoms with Crippen molar-refractivity contribution in [2.75, 3.05) is 0 Å². The van der Waals surface area contributed by atoms with Crippen LogP contribution in [0.4, 0.5) is 0 Å². The summed E-state index contributed by atoms with van der Waals surface area (Å²) in [5.41, 5.74) is 1.15. The van der Waals surface area contributed by atoms with Gasteiger partial charge in [0.1, 0.15) is 7.85 Å². The standard InChI is InChI=1S/C14H24BN/c1-4-5-6-7-8-12-9-10-13(11(2)3)16-14(12)15/h9-12,14H,4-8H2,1-3H3. The zero-order valence-corrected chi connectivity index (χ0v) is 10.9. The minimum Gasteiger partial charge on any atom is -0.295 e. The molecule has 1 heterocycles. The Morgan fingerprint density at radius 3 is 2.62 bits per heavy atom. The molecule has 0 aromatic rings. The van der Waals surface area contributed by atoms with E-state index in [0.29, 0.717) is 11.8 Å². The lowest BCUT2D eigenvalue weighted by Crippen LogP contribution is -2.24. The molecule has 1 aliphatic heterocycles.